The van der Waals surface area contributed by atoms with Crippen molar-refractivity contribution in [2.75, 3.05) is 11.9 Å². The summed E-state index contributed by atoms with van der Waals surface area (Å²) in [5.41, 5.74) is 1.43. The summed E-state index contributed by atoms with van der Waals surface area (Å²) in [7, 11) is 0. The predicted molar refractivity (Wildman–Crippen MR) is 105 cm³/mol. The average molecular weight is 415 g/mol. The van der Waals surface area contributed by atoms with Crippen molar-refractivity contribution >= 4 is 34.3 Å². The fourth-order valence-corrected chi connectivity index (χ4v) is 2.90. The molecule has 0 bridgehead atoms. The van der Waals surface area contributed by atoms with E-state index in [0.29, 0.717) is 22.5 Å². The van der Waals surface area contributed by atoms with Crippen LogP contribution in [0.3, 0.4) is 0 Å². The number of carbonyl (C=O) groups excluding carboxylic acids is 1. The number of oxazole rings is 1. The standard InChI is InChI=1S/C21H13ClF2N2O3/c22-15-10-17(24)16(23)9-14(15)21-26-18-8-12(6-7-19(18)29-21)25-20(27)11-28-13-4-2-1-3-5-13/h1-10H,11H2,(H,25,27). The Morgan fingerprint density at radius 2 is 1.83 bits per heavy atom. The highest BCUT2D eigenvalue weighted by Crippen LogP contribution is 2.32. The SMILES string of the molecule is O=C(COc1ccccc1)Nc1ccc2oc(-c3cc(F)c(F)cc3Cl)nc2c1. The van der Waals surface area contributed by atoms with E-state index >= 15 is 0 Å². The van der Waals surface area contributed by atoms with E-state index < -0.39 is 11.6 Å². The maximum absolute atomic E-state index is 13.5. The molecule has 3 aromatic carbocycles. The van der Waals surface area contributed by atoms with E-state index in [4.69, 9.17) is 20.8 Å². The van der Waals surface area contributed by atoms with Gasteiger partial charge < -0.3 is 14.5 Å². The van der Waals surface area contributed by atoms with Gasteiger partial charge in [-0.05, 0) is 42.5 Å². The molecular weight excluding hydrogens is 402 g/mol. The first-order valence-corrected chi connectivity index (χ1v) is 8.90. The quantitative estimate of drug-likeness (QED) is 0.441. The van der Waals surface area contributed by atoms with Gasteiger partial charge in [0.05, 0.1) is 10.6 Å². The molecule has 0 saturated carbocycles. The highest BCUT2D eigenvalue weighted by Gasteiger charge is 2.16. The van der Waals surface area contributed by atoms with E-state index in [-0.39, 0.29) is 29.0 Å². The van der Waals surface area contributed by atoms with E-state index in [2.05, 4.69) is 10.3 Å². The second-order valence-electron chi connectivity index (χ2n) is 6.10. The third-order valence-corrected chi connectivity index (χ3v) is 4.34. The van der Waals surface area contributed by atoms with Crippen LogP contribution >= 0.6 is 11.6 Å². The van der Waals surface area contributed by atoms with Crippen molar-refractivity contribution in [1.82, 2.24) is 4.98 Å². The van der Waals surface area contributed by atoms with Crippen molar-refractivity contribution in [2.24, 2.45) is 0 Å². The molecule has 0 aliphatic heterocycles. The first-order chi connectivity index (χ1) is 14.0. The summed E-state index contributed by atoms with van der Waals surface area (Å²) in [5, 5.41) is 2.67. The highest BCUT2D eigenvalue weighted by atomic mass is 35.5. The summed E-state index contributed by atoms with van der Waals surface area (Å²) in [6.45, 7) is -0.156. The number of rotatable bonds is 5. The summed E-state index contributed by atoms with van der Waals surface area (Å²) in [4.78, 5) is 16.3. The molecule has 1 aromatic heterocycles. The Labute approximate surface area is 168 Å². The van der Waals surface area contributed by atoms with E-state index in [1.165, 1.54) is 0 Å². The number of nitrogens with one attached hydrogen (secondary N) is 1. The molecular formula is C21H13ClF2N2O3. The molecule has 0 atom stereocenters. The number of amides is 1. The summed E-state index contributed by atoms with van der Waals surface area (Å²) >= 11 is 5.97. The Morgan fingerprint density at radius 3 is 2.62 bits per heavy atom. The molecule has 0 fully saturated rings. The lowest BCUT2D eigenvalue weighted by molar-refractivity contribution is -0.118. The zero-order valence-electron chi connectivity index (χ0n) is 14.8. The molecule has 8 heteroatoms. The van der Waals surface area contributed by atoms with Gasteiger partial charge in [0.15, 0.2) is 23.8 Å². The molecule has 0 radical (unpaired) electrons. The molecule has 0 saturated heterocycles. The van der Waals surface area contributed by atoms with Gasteiger partial charge >= 0.3 is 0 Å². The normalized spacial score (nSPS) is 10.9. The Hall–Kier alpha value is -3.45. The minimum absolute atomic E-state index is 0.0259. The van der Waals surface area contributed by atoms with Gasteiger partial charge in [0, 0.05) is 5.69 Å². The Kier molecular flexibility index (Phi) is 5.14. The van der Waals surface area contributed by atoms with Crippen molar-refractivity contribution in [3.05, 3.63) is 77.3 Å². The van der Waals surface area contributed by atoms with Crippen LogP contribution in [0.4, 0.5) is 14.5 Å². The van der Waals surface area contributed by atoms with Crippen LogP contribution < -0.4 is 10.1 Å². The van der Waals surface area contributed by atoms with Crippen LogP contribution in [0.25, 0.3) is 22.6 Å². The van der Waals surface area contributed by atoms with Gasteiger partial charge in [-0.2, -0.15) is 0 Å². The molecule has 1 N–H and O–H groups in total. The van der Waals surface area contributed by atoms with Crippen molar-refractivity contribution in [3.63, 3.8) is 0 Å². The fourth-order valence-electron chi connectivity index (χ4n) is 2.67. The summed E-state index contributed by atoms with van der Waals surface area (Å²) < 4.78 is 37.8. The molecule has 4 rings (SSSR count). The van der Waals surface area contributed by atoms with E-state index in [9.17, 15) is 13.6 Å². The van der Waals surface area contributed by atoms with Crippen molar-refractivity contribution < 1.29 is 22.7 Å². The highest BCUT2D eigenvalue weighted by molar-refractivity contribution is 6.33. The van der Waals surface area contributed by atoms with Gasteiger partial charge in [0.2, 0.25) is 5.89 Å². The van der Waals surface area contributed by atoms with Crippen LogP contribution in [0.5, 0.6) is 5.75 Å². The number of benzene rings is 3. The Bertz CT molecular complexity index is 1200. The number of ether oxygens (including phenoxy) is 1. The lowest BCUT2D eigenvalue weighted by atomic mass is 10.2. The number of anilines is 1. The van der Waals surface area contributed by atoms with Crippen molar-refractivity contribution in [1.29, 1.82) is 0 Å². The fraction of sp³-hybridized carbons (Fsp3) is 0.0476. The second-order valence-corrected chi connectivity index (χ2v) is 6.50. The molecule has 146 valence electrons. The third-order valence-electron chi connectivity index (χ3n) is 4.02. The van der Waals surface area contributed by atoms with Crippen LogP contribution in [-0.4, -0.2) is 17.5 Å². The van der Waals surface area contributed by atoms with Crippen LogP contribution in [0.2, 0.25) is 5.02 Å². The molecule has 1 heterocycles. The number of halogens is 3. The lowest BCUT2D eigenvalue weighted by Crippen LogP contribution is -2.20. The molecule has 0 aliphatic carbocycles. The number of para-hydroxylation sites is 1. The summed E-state index contributed by atoms with van der Waals surface area (Å²) in [6.07, 6.45) is 0. The Morgan fingerprint density at radius 1 is 1.07 bits per heavy atom. The minimum Gasteiger partial charge on any atom is -0.484 e. The third kappa shape index (κ3) is 4.20. The molecule has 0 aliphatic rings. The van der Waals surface area contributed by atoms with Crippen LogP contribution in [0.1, 0.15) is 0 Å². The van der Waals surface area contributed by atoms with Gasteiger partial charge in [0.25, 0.3) is 5.91 Å². The zero-order chi connectivity index (χ0) is 20.4. The topological polar surface area (TPSA) is 64.4 Å². The number of nitrogens with zero attached hydrogens (tertiary/aromatic N) is 1. The largest absolute Gasteiger partial charge is 0.484 e. The predicted octanol–water partition coefficient (Wildman–Crippen LogP) is 5.44. The number of carbonyl (C=O) groups is 1. The molecule has 0 spiro atoms. The number of hydrogen-bond donors (Lipinski definition) is 1. The molecule has 4 aromatic rings. The summed E-state index contributed by atoms with van der Waals surface area (Å²) in [5.74, 6) is -1.83. The first kappa shape index (κ1) is 18.9. The molecule has 5 nitrogen and oxygen atoms in total. The van der Waals surface area contributed by atoms with Gasteiger partial charge in [-0.25, -0.2) is 13.8 Å². The molecule has 29 heavy (non-hydrogen) atoms. The number of hydrogen-bond acceptors (Lipinski definition) is 4. The molecule has 1 amide bonds. The minimum atomic E-state index is -1.06. The van der Waals surface area contributed by atoms with E-state index in [1.54, 1.807) is 30.3 Å². The van der Waals surface area contributed by atoms with Gasteiger partial charge in [-0.15, -0.1) is 0 Å². The van der Waals surface area contributed by atoms with Crippen molar-refractivity contribution in [2.45, 2.75) is 0 Å². The van der Waals surface area contributed by atoms with Crippen molar-refractivity contribution in [3.8, 4) is 17.2 Å². The first-order valence-electron chi connectivity index (χ1n) is 8.53. The zero-order valence-corrected chi connectivity index (χ0v) is 15.5. The van der Waals surface area contributed by atoms with Crippen LogP contribution in [-0.2, 0) is 4.79 Å². The average Bonchev–Trinajstić information content (AvgIpc) is 3.13. The van der Waals surface area contributed by atoms with E-state index in [1.807, 2.05) is 18.2 Å². The summed E-state index contributed by atoms with van der Waals surface area (Å²) in [6, 6.07) is 15.6. The van der Waals surface area contributed by atoms with Crippen LogP contribution in [0.15, 0.2) is 65.1 Å². The number of fused-ring (bicyclic) bond motifs is 1. The Balaban J connectivity index is 1.51. The lowest BCUT2D eigenvalue weighted by Gasteiger charge is -2.07. The molecule has 0 unspecified atom stereocenters. The van der Waals surface area contributed by atoms with E-state index in [0.717, 1.165) is 12.1 Å². The number of aromatic nitrogens is 1. The van der Waals surface area contributed by atoms with Gasteiger partial charge in [-0.1, -0.05) is 29.8 Å². The maximum Gasteiger partial charge on any atom is 0.262 e. The van der Waals surface area contributed by atoms with Gasteiger partial charge in [0.1, 0.15) is 11.3 Å². The maximum atomic E-state index is 13.5. The monoisotopic (exact) mass is 414 g/mol. The smallest absolute Gasteiger partial charge is 0.262 e. The van der Waals surface area contributed by atoms with Gasteiger partial charge in [-0.3, -0.25) is 4.79 Å². The van der Waals surface area contributed by atoms with Crippen LogP contribution in [0, 0.1) is 11.6 Å². The second kappa shape index (κ2) is 7.89.